The Morgan fingerprint density at radius 3 is 1.25 bits per heavy atom. The normalized spacial score (nSPS) is 10.1. The summed E-state index contributed by atoms with van der Waals surface area (Å²) in [5.74, 6) is 0. The van der Waals surface area contributed by atoms with E-state index in [1.165, 1.54) is 24.1 Å². The van der Waals surface area contributed by atoms with Gasteiger partial charge in [0, 0.05) is 6.42 Å². The molecule has 0 amide bonds. The van der Waals surface area contributed by atoms with Gasteiger partial charge in [0.05, 0.1) is 26.7 Å². The maximum atomic E-state index is 9.17. The average Bonchev–Trinajstić information content (AvgIpc) is 2.17. The van der Waals surface area contributed by atoms with Crippen molar-refractivity contribution in [3.05, 3.63) is 0 Å². The molecule has 0 aromatic carbocycles. The van der Waals surface area contributed by atoms with Gasteiger partial charge in [0.15, 0.2) is 0 Å². The number of rotatable bonds is 4. The van der Waals surface area contributed by atoms with Crippen molar-refractivity contribution in [2.75, 3.05) is 26.7 Å². The van der Waals surface area contributed by atoms with Crippen LogP contribution < -0.4 is 0 Å². The van der Waals surface area contributed by atoms with Gasteiger partial charge in [-0.25, -0.2) is 0 Å². The molecule has 0 fully saturated rings. The van der Waals surface area contributed by atoms with Crippen LogP contribution in [0.1, 0.15) is 34.1 Å². The Labute approximate surface area is 77.2 Å². The van der Waals surface area contributed by atoms with Gasteiger partial charge in [-0.05, 0) is 20.8 Å². The second kappa shape index (κ2) is 8.72. The van der Waals surface area contributed by atoms with Gasteiger partial charge in [-0.1, -0.05) is 6.92 Å². The summed E-state index contributed by atoms with van der Waals surface area (Å²) in [6.07, 6.45) is 1.51. The SMILES string of the molecule is CCC=O.CC[N+](C)(CC)CC. The molecule has 2 heteroatoms. The molecule has 0 radical (unpaired) electrons. The molecule has 0 rings (SSSR count). The monoisotopic (exact) mass is 174 g/mol. The van der Waals surface area contributed by atoms with Gasteiger partial charge in [-0.15, -0.1) is 0 Å². The first-order valence-corrected chi connectivity index (χ1v) is 4.87. The molecule has 0 aliphatic carbocycles. The van der Waals surface area contributed by atoms with Crippen LogP contribution in [0.25, 0.3) is 0 Å². The van der Waals surface area contributed by atoms with Gasteiger partial charge >= 0.3 is 0 Å². The Hall–Kier alpha value is -0.370. The maximum absolute atomic E-state index is 9.17. The van der Waals surface area contributed by atoms with Crippen molar-refractivity contribution < 1.29 is 9.28 Å². The molecule has 0 unspecified atom stereocenters. The van der Waals surface area contributed by atoms with Crippen molar-refractivity contribution >= 4 is 6.29 Å². The molecule has 2 nitrogen and oxygen atoms in total. The van der Waals surface area contributed by atoms with Gasteiger partial charge in [0.2, 0.25) is 0 Å². The fraction of sp³-hybridized carbons (Fsp3) is 0.900. The summed E-state index contributed by atoms with van der Waals surface area (Å²) in [5, 5.41) is 0. The van der Waals surface area contributed by atoms with Crippen LogP contribution in [-0.4, -0.2) is 37.5 Å². The van der Waals surface area contributed by atoms with Gasteiger partial charge in [0.1, 0.15) is 6.29 Å². The zero-order valence-corrected chi connectivity index (χ0v) is 9.26. The summed E-state index contributed by atoms with van der Waals surface area (Å²) in [7, 11) is 2.29. The third-order valence-electron chi connectivity index (χ3n) is 2.46. The predicted molar refractivity (Wildman–Crippen MR) is 54.2 cm³/mol. The summed E-state index contributed by atoms with van der Waals surface area (Å²) >= 11 is 0. The minimum atomic E-state index is 0.639. The fourth-order valence-corrected chi connectivity index (χ4v) is 0.671. The Kier molecular flexibility index (Phi) is 10.3. The summed E-state index contributed by atoms with van der Waals surface area (Å²) in [6.45, 7) is 12.3. The number of hydrogen-bond acceptors (Lipinski definition) is 1. The molecule has 0 heterocycles. The highest BCUT2D eigenvalue weighted by Crippen LogP contribution is 1.97. The first kappa shape index (κ1) is 14.2. The molecule has 0 aliphatic rings. The van der Waals surface area contributed by atoms with E-state index in [9.17, 15) is 4.79 Å². The molecule has 74 valence electrons. The first-order chi connectivity index (χ1) is 5.60. The zero-order chi connectivity index (χ0) is 10.0. The van der Waals surface area contributed by atoms with Gasteiger partial charge in [-0.2, -0.15) is 0 Å². The molecule has 0 atom stereocenters. The van der Waals surface area contributed by atoms with Crippen molar-refractivity contribution in [1.29, 1.82) is 0 Å². The lowest BCUT2D eigenvalue weighted by molar-refractivity contribution is -0.904. The summed E-state index contributed by atoms with van der Waals surface area (Å²) in [6, 6.07) is 0. The lowest BCUT2D eigenvalue weighted by Crippen LogP contribution is -2.42. The Balaban J connectivity index is 0. The van der Waals surface area contributed by atoms with Gasteiger partial charge in [-0.3, -0.25) is 0 Å². The Morgan fingerprint density at radius 2 is 1.25 bits per heavy atom. The molecular weight excluding hydrogens is 150 g/mol. The summed E-state index contributed by atoms with van der Waals surface area (Å²) in [4.78, 5) is 9.17. The quantitative estimate of drug-likeness (QED) is 0.471. The maximum Gasteiger partial charge on any atom is 0.119 e. The van der Waals surface area contributed by atoms with E-state index in [4.69, 9.17) is 0 Å². The fourth-order valence-electron chi connectivity index (χ4n) is 0.671. The molecule has 0 aromatic heterocycles. The summed E-state index contributed by atoms with van der Waals surface area (Å²) < 4.78 is 1.21. The third kappa shape index (κ3) is 7.73. The molecule has 0 aromatic rings. The number of aldehydes is 1. The number of quaternary nitrogens is 1. The molecule has 0 aliphatic heterocycles. The largest absolute Gasteiger partial charge is 0.327 e. The molecule has 0 saturated heterocycles. The van der Waals surface area contributed by atoms with Crippen LogP contribution in [0.4, 0.5) is 0 Å². The molecule has 0 saturated carbocycles. The standard InChI is InChI=1S/C7H18N.C3H6O/c1-5-8(4,6-2)7-3;1-2-3-4/h5-7H2,1-4H3;3H,2H2,1H3/q+1;. The van der Waals surface area contributed by atoms with Crippen molar-refractivity contribution in [2.45, 2.75) is 34.1 Å². The minimum Gasteiger partial charge on any atom is -0.327 e. The Bertz CT molecular complexity index is 89.7. The number of nitrogens with zero attached hydrogens (tertiary/aromatic N) is 1. The van der Waals surface area contributed by atoms with E-state index in [0.29, 0.717) is 6.42 Å². The van der Waals surface area contributed by atoms with Crippen LogP contribution in [-0.2, 0) is 4.79 Å². The van der Waals surface area contributed by atoms with E-state index in [2.05, 4.69) is 27.8 Å². The van der Waals surface area contributed by atoms with Crippen LogP contribution in [0.5, 0.6) is 0 Å². The van der Waals surface area contributed by atoms with E-state index < -0.39 is 0 Å². The van der Waals surface area contributed by atoms with Crippen molar-refractivity contribution in [2.24, 2.45) is 0 Å². The summed E-state index contributed by atoms with van der Waals surface area (Å²) in [5.41, 5.74) is 0. The highest BCUT2D eigenvalue weighted by atomic mass is 16.1. The van der Waals surface area contributed by atoms with Gasteiger partial charge in [0.25, 0.3) is 0 Å². The van der Waals surface area contributed by atoms with Crippen LogP contribution in [0.15, 0.2) is 0 Å². The van der Waals surface area contributed by atoms with Crippen LogP contribution in [0, 0.1) is 0 Å². The van der Waals surface area contributed by atoms with E-state index in [1.807, 2.05) is 6.92 Å². The zero-order valence-electron chi connectivity index (χ0n) is 9.26. The number of carbonyl (C=O) groups excluding carboxylic acids is 1. The minimum absolute atomic E-state index is 0.639. The topological polar surface area (TPSA) is 17.1 Å². The van der Waals surface area contributed by atoms with Gasteiger partial charge < -0.3 is 9.28 Å². The van der Waals surface area contributed by atoms with E-state index in [0.717, 1.165) is 6.29 Å². The van der Waals surface area contributed by atoms with Crippen LogP contribution in [0.2, 0.25) is 0 Å². The number of carbonyl (C=O) groups is 1. The predicted octanol–water partition coefficient (Wildman–Crippen LogP) is 2.09. The second-order valence-electron chi connectivity index (χ2n) is 3.14. The van der Waals surface area contributed by atoms with E-state index >= 15 is 0 Å². The molecule has 12 heavy (non-hydrogen) atoms. The van der Waals surface area contributed by atoms with Crippen LogP contribution >= 0.6 is 0 Å². The van der Waals surface area contributed by atoms with E-state index in [-0.39, 0.29) is 0 Å². The lowest BCUT2D eigenvalue weighted by atomic mass is 10.4. The molecule has 0 N–H and O–H groups in total. The molecule has 0 spiro atoms. The highest BCUT2D eigenvalue weighted by molar-refractivity contribution is 5.48. The Morgan fingerprint density at radius 1 is 1.00 bits per heavy atom. The molecule has 0 bridgehead atoms. The number of hydrogen-bond donors (Lipinski definition) is 0. The van der Waals surface area contributed by atoms with Crippen LogP contribution in [0.3, 0.4) is 0 Å². The molecular formula is C10H24NO+. The average molecular weight is 174 g/mol. The lowest BCUT2D eigenvalue weighted by Gasteiger charge is -2.30. The first-order valence-electron chi connectivity index (χ1n) is 4.87. The van der Waals surface area contributed by atoms with Crippen molar-refractivity contribution in [3.8, 4) is 0 Å². The van der Waals surface area contributed by atoms with Crippen molar-refractivity contribution in [1.82, 2.24) is 0 Å². The van der Waals surface area contributed by atoms with Crippen molar-refractivity contribution in [3.63, 3.8) is 0 Å². The highest BCUT2D eigenvalue weighted by Gasteiger charge is 2.10. The second-order valence-corrected chi connectivity index (χ2v) is 3.14. The van der Waals surface area contributed by atoms with E-state index in [1.54, 1.807) is 0 Å². The third-order valence-corrected chi connectivity index (χ3v) is 2.46. The smallest absolute Gasteiger partial charge is 0.119 e.